The molecule has 0 radical (unpaired) electrons. The molecule has 0 saturated heterocycles. The molecule has 114 valence electrons. The van der Waals surface area contributed by atoms with Crippen LogP contribution in [0.4, 0.5) is 11.4 Å². The van der Waals surface area contributed by atoms with E-state index in [2.05, 4.69) is 5.32 Å². The van der Waals surface area contributed by atoms with Crippen LogP contribution in [0.25, 0.3) is 0 Å². The van der Waals surface area contributed by atoms with Crippen LogP contribution in [-0.2, 0) is 16.0 Å². The van der Waals surface area contributed by atoms with Gasteiger partial charge in [0.05, 0.1) is 5.41 Å². The largest absolute Gasteiger partial charge is 0.326 e. The normalized spacial score (nSPS) is 14.6. The number of halogens is 1. The number of alkyl halides is 1. The molecule has 0 unspecified atom stereocenters. The zero-order chi connectivity index (χ0) is 15.6. The number of nitrogens with one attached hydrogen (secondary N) is 1. The third kappa shape index (κ3) is 3.38. The molecule has 0 bridgehead atoms. The van der Waals surface area contributed by atoms with Gasteiger partial charge in [0, 0.05) is 30.7 Å². The van der Waals surface area contributed by atoms with Gasteiger partial charge in [-0.3, -0.25) is 9.59 Å². The van der Waals surface area contributed by atoms with Crippen LogP contribution in [0.1, 0.15) is 32.8 Å². The third-order valence-corrected chi connectivity index (χ3v) is 4.45. The maximum absolute atomic E-state index is 12.1. The van der Waals surface area contributed by atoms with Crippen LogP contribution in [-0.4, -0.2) is 24.2 Å². The van der Waals surface area contributed by atoms with Crippen LogP contribution in [0.5, 0.6) is 0 Å². The minimum absolute atomic E-state index is 0.0519. The number of hydrogen-bond acceptors (Lipinski definition) is 2. The molecule has 1 aromatic carbocycles. The first-order valence-electron chi connectivity index (χ1n) is 7.13. The number of nitrogens with zero attached hydrogens (tertiary/aromatic N) is 1. The molecule has 1 aliphatic rings. The predicted octanol–water partition coefficient (Wildman–Crippen LogP) is 3.19. The van der Waals surface area contributed by atoms with Crippen molar-refractivity contribution in [2.45, 2.75) is 33.6 Å². The van der Waals surface area contributed by atoms with Gasteiger partial charge in [-0.1, -0.05) is 0 Å². The maximum Gasteiger partial charge on any atom is 0.231 e. The minimum atomic E-state index is -0.608. The average Bonchev–Trinajstić information content (AvgIpc) is 2.46. The first-order chi connectivity index (χ1) is 9.85. The molecule has 1 aliphatic heterocycles. The second kappa shape index (κ2) is 6.06. The highest BCUT2D eigenvalue weighted by Gasteiger charge is 2.27. The zero-order valence-electron chi connectivity index (χ0n) is 12.7. The fraction of sp³-hybridized carbons (Fsp3) is 0.500. The lowest BCUT2D eigenvalue weighted by Crippen LogP contribution is -2.34. The van der Waals surface area contributed by atoms with Gasteiger partial charge in [-0.25, -0.2) is 0 Å². The first-order valence-corrected chi connectivity index (χ1v) is 7.67. The Bertz CT molecular complexity index is 569. The van der Waals surface area contributed by atoms with E-state index in [-0.39, 0.29) is 17.7 Å². The van der Waals surface area contributed by atoms with E-state index in [0.29, 0.717) is 0 Å². The van der Waals surface area contributed by atoms with Crippen molar-refractivity contribution < 1.29 is 9.59 Å². The number of benzene rings is 1. The van der Waals surface area contributed by atoms with Gasteiger partial charge in [0.15, 0.2) is 0 Å². The van der Waals surface area contributed by atoms with Gasteiger partial charge < -0.3 is 10.2 Å². The van der Waals surface area contributed by atoms with E-state index in [1.54, 1.807) is 11.8 Å². The van der Waals surface area contributed by atoms with Gasteiger partial charge in [0.1, 0.15) is 0 Å². The van der Waals surface area contributed by atoms with Crippen LogP contribution in [0, 0.1) is 5.41 Å². The Morgan fingerprint density at radius 1 is 1.38 bits per heavy atom. The molecule has 1 aromatic rings. The van der Waals surface area contributed by atoms with E-state index in [0.717, 1.165) is 36.3 Å². The van der Waals surface area contributed by atoms with Crippen molar-refractivity contribution in [3.8, 4) is 0 Å². The lowest BCUT2D eigenvalue weighted by Gasteiger charge is -2.29. The third-order valence-electron chi connectivity index (χ3n) is 3.78. The standard InChI is InChI=1S/C16H21ClN2O2/c1-11(20)19-8-4-5-12-9-13(6-7-14(12)19)18-15(21)16(2,3)10-17/h6-7,9H,4-5,8,10H2,1-3H3,(H,18,21). The summed E-state index contributed by atoms with van der Waals surface area (Å²) in [5, 5.41) is 2.90. The minimum Gasteiger partial charge on any atom is -0.326 e. The van der Waals surface area contributed by atoms with Gasteiger partial charge in [-0.15, -0.1) is 11.6 Å². The summed E-state index contributed by atoms with van der Waals surface area (Å²) >= 11 is 5.82. The molecule has 2 amide bonds. The Labute approximate surface area is 130 Å². The van der Waals surface area contributed by atoms with Gasteiger partial charge in [0.25, 0.3) is 0 Å². The lowest BCUT2D eigenvalue weighted by molar-refractivity contribution is -0.123. The SMILES string of the molecule is CC(=O)N1CCCc2cc(NC(=O)C(C)(C)CCl)ccc21. The Morgan fingerprint density at radius 2 is 2.10 bits per heavy atom. The van der Waals surface area contributed by atoms with E-state index < -0.39 is 5.41 Å². The molecule has 0 spiro atoms. The molecule has 0 atom stereocenters. The summed E-state index contributed by atoms with van der Waals surface area (Å²) in [6.07, 6.45) is 1.86. The van der Waals surface area contributed by atoms with Crippen molar-refractivity contribution in [2.24, 2.45) is 5.41 Å². The Morgan fingerprint density at radius 3 is 2.71 bits per heavy atom. The fourth-order valence-corrected chi connectivity index (χ4v) is 2.48. The number of carbonyl (C=O) groups is 2. The number of hydrogen-bond donors (Lipinski definition) is 1. The van der Waals surface area contributed by atoms with Crippen molar-refractivity contribution >= 4 is 34.8 Å². The number of fused-ring (bicyclic) bond motifs is 1. The van der Waals surface area contributed by atoms with Crippen LogP contribution in [0.2, 0.25) is 0 Å². The summed E-state index contributed by atoms with van der Waals surface area (Å²) in [6.45, 7) is 5.96. The van der Waals surface area contributed by atoms with Crippen LogP contribution < -0.4 is 10.2 Å². The zero-order valence-corrected chi connectivity index (χ0v) is 13.5. The Kier molecular flexibility index (Phi) is 4.57. The second-order valence-corrected chi connectivity index (χ2v) is 6.36. The van der Waals surface area contributed by atoms with Gasteiger partial charge >= 0.3 is 0 Å². The molecule has 4 nitrogen and oxygen atoms in total. The number of rotatable bonds is 3. The van der Waals surface area contributed by atoms with E-state index in [9.17, 15) is 9.59 Å². The summed E-state index contributed by atoms with van der Waals surface area (Å²) in [6, 6.07) is 5.69. The van der Waals surface area contributed by atoms with E-state index >= 15 is 0 Å². The number of amides is 2. The molecule has 1 heterocycles. The van der Waals surface area contributed by atoms with Crippen molar-refractivity contribution in [3.05, 3.63) is 23.8 Å². The molecular weight excluding hydrogens is 288 g/mol. The van der Waals surface area contributed by atoms with Gasteiger partial charge in [-0.2, -0.15) is 0 Å². The summed E-state index contributed by atoms with van der Waals surface area (Å²) in [4.78, 5) is 25.6. The van der Waals surface area contributed by atoms with E-state index in [1.165, 1.54) is 0 Å². The number of carbonyl (C=O) groups excluding carboxylic acids is 2. The Hall–Kier alpha value is -1.55. The van der Waals surface area contributed by atoms with E-state index in [1.807, 2.05) is 32.0 Å². The van der Waals surface area contributed by atoms with Crippen molar-refractivity contribution in [1.29, 1.82) is 0 Å². The molecular formula is C16H21ClN2O2. The second-order valence-electron chi connectivity index (χ2n) is 6.09. The highest BCUT2D eigenvalue weighted by Crippen LogP contribution is 2.30. The average molecular weight is 309 g/mol. The highest BCUT2D eigenvalue weighted by atomic mass is 35.5. The van der Waals surface area contributed by atoms with Crippen molar-refractivity contribution in [1.82, 2.24) is 0 Å². The summed E-state index contributed by atoms with van der Waals surface area (Å²) in [5.41, 5.74) is 2.19. The summed E-state index contributed by atoms with van der Waals surface area (Å²) in [7, 11) is 0. The predicted molar refractivity (Wildman–Crippen MR) is 85.9 cm³/mol. The van der Waals surface area contributed by atoms with E-state index in [4.69, 9.17) is 11.6 Å². The molecule has 5 heteroatoms. The van der Waals surface area contributed by atoms with Crippen molar-refractivity contribution in [3.63, 3.8) is 0 Å². The van der Waals surface area contributed by atoms with Gasteiger partial charge in [-0.05, 0) is 50.5 Å². The molecule has 0 fully saturated rings. The maximum atomic E-state index is 12.1. The lowest BCUT2D eigenvalue weighted by atomic mass is 9.95. The number of anilines is 2. The molecule has 0 aliphatic carbocycles. The number of aryl methyl sites for hydroxylation is 1. The fourth-order valence-electron chi connectivity index (χ4n) is 2.36. The molecule has 21 heavy (non-hydrogen) atoms. The van der Waals surface area contributed by atoms with Crippen LogP contribution >= 0.6 is 11.6 Å². The summed E-state index contributed by atoms with van der Waals surface area (Å²) in [5.74, 6) is 0.217. The summed E-state index contributed by atoms with van der Waals surface area (Å²) < 4.78 is 0. The highest BCUT2D eigenvalue weighted by molar-refractivity contribution is 6.20. The molecule has 0 aromatic heterocycles. The Balaban J connectivity index is 2.22. The van der Waals surface area contributed by atoms with Gasteiger partial charge in [0.2, 0.25) is 11.8 Å². The van der Waals surface area contributed by atoms with Crippen LogP contribution in [0.3, 0.4) is 0 Å². The molecule has 2 rings (SSSR count). The molecule has 0 saturated carbocycles. The smallest absolute Gasteiger partial charge is 0.231 e. The first kappa shape index (κ1) is 15.8. The topological polar surface area (TPSA) is 49.4 Å². The monoisotopic (exact) mass is 308 g/mol. The van der Waals surface area contributed by atoms with Crippen LogP contribution in [0.15, 0.2) is 18.2 Å². The molecule has 1 N–H and O–H groups in total. The quantitative estimate of drug-likeness (QED) is 0.872. The van der Waals surface area contributed by atoms with Crippen molar-refractivity contribution in [2.75, 3.05) is 22.6 Å².